The molecular weight excluding hydrogens is 455 g/mol. The lowest BCUT2D eigenvalue weighted by atomic mass is 10.0. The van der Waals surface area contributed by atoms with Crippen LogP contribution in [0, 0.1) is 5.82 Å². The molecule has 0 atom stereocenters. The Labute approximate surface area is 195 Å². The van der Waals surface area contributed by atoms with E-state index in [0.29, 0.717) is 16.3 Å². The first-order valence-corrected chi connectivity index (χ1v) is 11.9. The van der Waals surface area contributed by atoms with Crippen LogP contribution in [0.15, 0.2) is 102 Å². The van der Waals surface area contributed by atoms with Gasteiger partial charge >= 0.3 is 0 Å². The summed E-state index contributed by atoms with van der Waals surface area (Å²) in [5, 5.41) is 14.7. The van der Waals surface area contributed by atoms with E-state index >= 15 is 0 Å². The molecule has 1 heterocycles. The van der Waals surface area contributed by atoms with Crippen LogP contribution in [-0.2, 0) is 21.4 Å². The molecule has 34 heavy (non-hydrogen) atoms. The maximum atomic E-state index is 14.2. The van der Waals surface area contributed by atoms with Crippen LogP contribution >= 0.6 is 0 Å². The van der Waals surface area contributed by atoms with E-state index in [1.165, 1.54) is 30.3 Å². The van der Waals surface area contributed by atoms with Crippen molar-refractivity contribution in [3.63, 3.8) is 0 Å². The number of hydrogen-bond donors (Lipinski definition) is 2. The summed E-state index contributed by atoms with van der Waals surface area (Å²) in [4.78, 5) is 13.2. The third-order valence-electron chi connectivity index (χ3n) is 5.66. The molecular formula is C26H19FN2O4S. The normalized spacial score (nSPS) is 14.7. The molecule has 0 fully saturated rings. The largest absolute Gasteiger partial charge is 0.505 e. The number of carbonyl (C=O) groups excluding carboxylic acids is 1. The summed E-state index contributed by atoms with van der Waals surface area (Å²) in [5.41, 5.74) is 0.0181. The maximum Gasteiger partial charge on any atom is 0.276 e. The van der Waals surface area contributed by atoms with E-state index in [0.717, 1.165) is 4.31 Å². The summed E-state index contributed by atoms with van der Waals surface area (Å²) in [6, 6.07) is 24.3. The first-order chi connectivity index (χ1) is 16.4. The zero-order chi connectivity index (χ0) is 23.9. The van der Waals surface area contributed by atoms with E-state index in [2.05, 4.69) is 5.32 Å². The van der Waals surface area contributed by atoms with E-state index in [1.807, 2.05) is 0 Å². The zero-order valence-electron chi connectivity index (χ0n) is 17.8. The fourth-order valence-electron chi connectivity index (χ4n) is 4.06. The molecule has 0 saturated heterocycles. The highest BCUT2D eigenvalue weighted by Crippen LogP contribution is 2.40. The quantitative estimate of drug-likeness (QED) is 0.433. The van der Waals surface area contributed by atoms with Crippen molar-refractivity contribution < 1.29 is 22.7 Å². The minimum atomic E-state index is -4.28. The molecule has 4 aromatic carbocycles. The highest BCUT2D eigenvalue weighted by Gasteiger charge is 2.41. The minimum Gasteiger partial charge on any atom is -0.505 e. The number of rotatable bonds is 4. The van der Waals surface area contributed by atoms with Gasteiger partial charge in [0, 0.05) is 10.9 Å². The first kappa shape index (κ1) is 21.7. The second-order valence-electron chi connectivity index (χ2n) is 7.79. The Kier molecular flexibility index (Phi) is 5.30. The summed E-state index contributed by atoms with van der Waals surface area (Å²) in [7, 11) is -4.28. The Morgan fingerprint density at radius 2 is 1.56 bits per heavy atom. The molecule has 0 aromatic heterocycles. The molecule has 0 bridgehead atoms. The van der Waals surface area contributed by atoms with Crippen molar-refractivity contribution in [2.45, 2.75) is 11.4 Å². The number of hydrogen-bond acceptors (Lipinski definition) is 4. The van der Waals surface area contributed by atoms with Crippen molar-refractivity contribution in [3.8, 4) is 0 Å². The second kappa shape index (κ2) is 8.31. The maximum absolute atomic E-state index is 14.2. The van der Waals surface area contributed by atoms with Crippen LogP contribution in [0.1, 0.15) is 11.1 Å². The van der Waals surface area contributed by atoms with Gasteiger partial charge in [-0.15, -0.1) is 0 Å². The van der Waals surface area contributed by atoms with Gasteiger partial charge in [-0.2, -0.15) is 0 Å². The van der Waals surface area contributed by atoms with Gasteiger partial charge in [-0.1, -0.05) is 72.8 Å². The molecule has 0 aliphatic carbocycles. The number of aliphatic hydroxyl groups excluding tert-OH is 1. The van der Waals surface area contributed by atoms with Crippen LogP contribution in [0.4, 0.5) is 10.1 Å². The first-order valence-electron chi connectivity index (χ1n) is 10.5. The molecule has 0 spiro atoms. The van der Waals surface area contributed by atoms with Gasteiger partial charge in [0.2, 0.25) is 0 Å². The van der Waals surface area contributed by atoms with E-state index < -0.39 is 33.2 Å². The van der Waals surface area contributed by atoms with Crippen molar-refractivity contribution in [2.75, 3.05) is 5.32 Å². The number of nitrogens with zero attached hydrogens (tertiary/aromatic N) is 1. The topological polar surface area (TPSA) is 86.7 Å². The standard InChI is InChI=1S/C26H19FN2O4S/c27-21-12-6-7-13-22(21)28-26(31)23-24(30)20-15-14-18-10-4-5-11-19(18)25(20)34(32,33)29(23)16-17-8-2-1-3-9-17/h1-15,30H,16H2,(H,28,31). The fraction of sp³-hybridized carbons (Fsp3) is 0.0385. The van der Waals surface area contributed by atoms with Crippen LogP contribution in [0.25, 0.3) is 16.5 Å². The van der Waals surface area contributed by atoms with Crippen LogP contribution in [-0.4, -0.2) is 23.7 Å². The van der Waals surface area contributed by atoms with Crippen LogP contribution in [0.5, 0.6) is 0 Å². The number of amides is 1. The summed E-state index contributed by atoms with van der Waals surface area (Å²) in [6.45, 7) is -0.198. The molecule has 1 aliphatic heterocycles. The fourth-order valence-corrected chi connectivity index (χ4v) is 5.92. The van der Waals surface area contributed by atoms with E-state index in [4.69, 9.17) is 0 Å². The number of benzene rings is 4. The molecule has 1 amide bonds. The molecule has 0 saturated carbocycles. The smallest absolute Gasteiger partial charge is 0.276 e. The van der Waals surface area contributed by atoms with E-state index in [-0.39, 0.29) is 22.7 Å². The van der Waals surface area contributed by atoms with Gasteiger partial charge in [-0.25, -0.2) is 12.8 Å². The molecule has 5 rings (SSSR count). The molecule has 4 aromatic rings. The van der Waals surface area contributed by atoms with Crippen molar-refractivity contribution in [1.29, 1.82) is 0 Å². The van der Waals surface area contributed by atoms with E-state index in [9.17, 15) is 22.7 Å². The summed E-state index contributed by atoms with van der Waals surface area (Å²) < 4.78 is 42.9. The Morgan fingerprint density at radius 3 is 2.32 bits per heavy atom. The van der Waals surface area contributed by atoms with Crippen molar-refractivity contribution in [1.82, 2.24) is 4.31 Å². The molecule has 2 N–H and O–H groups in total. The van der Waals surface area contributed by atoms with Crippen LogP contribution in [0.3, 0.4) is 0 Å². The van der Waals surface area contributed by atoms with Gasteiger partial charge < -0.3 is 10.4 Å². The number of halogens is 1. The molecule has 6 nitrogen and oxygen atoms in total. The average Bonchev–Trinajstić information content (AvgIpc) is 2.84. The molecule has 8 heteroatoms. The van der Waals surface area contributed by atoms with Gasteiger partial charge in [-0.3, -0.25) is 9.10 Å². The number of anilines is 1. The highest BCUT2D eigenvalue weighted by atomic mass is 32.2. The minimum absolute atomic E-state index is 0.0155. The zero-order valence-corrected chi connectivity index (χ0v) is 18.6. The van der Waals surface area contributed by atoms with Crippen molar-refractivity contribution in [3.05, 3.63) is 114 Å². The number of sulfonamides is 1. The Hall–Kier alpha value is -4.17. The van der Waals surface area contributed by atoms with Gasteiger partial charge in [0.15, 0.2) is 11.5 Å². The SMILES string of the molecule is O=C(Nc1ccccc1F)C1=C(O)c2ccc3ccccc3c2S(=O)(=O)N1Cc1ccccc1. The van der Waals surface area contributed by atoms with Gasteiger partial charge in [0.1, 0.15) is 10.7 Å². The monoisotopic (exact) mass is 474 g/mol. The number of nitrogens with one attached hydrogen (secondary N) is 1. The number of carbonyl (C=O) groups is 1. The molecule has 0 unspecified atom stereocenters. The van der Waals surface area contributed by atoms with Gasteiger partial charge in [-0.05, 0) is 29.1 Å². The van der Waals surface area contributed by atoms with Gasteiger partial charge in [0.05, 0.1) is 12.2 Å². The predicted molar refractivity (Wildman–Crippen MR) is 128 cm³/mol. The third-order valence-corrected chi connectivity index (χ3v) is 7.51. The molecule has 0 radical (unpaired) electrons. The lowest BCUT2D eigenvalue weighted by Crippen LogP contribution is -2.39. The summed E-state index contributed by atoms with van der Waals surface area (Å²) in [5.74, 6) is -2.13. The Morgan fingerprint density at radius 1 is 0.882 bits per heavy atom. The summed E-state index contributed by atoms with van der Waals surface area (Å²) in [6.07, 6.45) is 0. The van der Waals surface area contributed by atoms with E-state index in [1.54, 1.807) is 60.7 Å². The molecule has 1 aliphatic rings. The Bertz CT molecular complexity index is 1570. The third kappa shape index (κ3) is 3.58. The van der Waals surface area contributed by atoms with Crippen molar-refractivity contribution in [2.24, 2.45) is 0 Å². The number of para-hydroxylation sites is 1. The summed E-state index contributed by atoms with van der Waals surface area (Å²) >= 11 is 0. The van der Waals surface area contributed by atoms with Crippen LogP contribution < -0.4 is 5.32 Å². The van der Waals surface area contributed by atoms with Crippen LogP contribution in [0.2, 0.25) is 0 Å². The number of fused-ring (bicyclic) bond motifs is 3. The Balaban J connectivity index is 1.73. The lowest BCUT2D eigenvalue weighted by Gasteiger charge is -2.32. The molecule has 170 valence electrons. The second-order valence-corrected chi connectivity index (χ2v) is 9.59. The predicted octanol–water partition coefficient (Wildman–Crippen LogP) is 5.05. The number of aliphatic hydroxyl groups is 1. The highest BCUT2D eigenvalue weighted by molar-refractivity contribution is 7.89. The van der Waals surface area contributed by atoms with Crippen molar-refractivity contribution >= 4 is 38.1 Å². The lowest BCUT2D eigenvalue weighted by molar-refractivity contribution is -0.113. The average molecular weight is 475 g/mol. The van der Waals surface area contributed by atoms with Gasteiger partial charge in [0.25, 0.3) is 15.9 Å².